The SMILES string of the molecule is CC1(C)NC(=O)N(CCS(=O)(=O)CCCOc2ccc(F)cc2)C1=O. The highest BCUT2D eigenvalue weighted by Crippen LogP contribution is 2.16. The van der Waals surface area contributed by atoms with Gasteiger partial charge in [0.2, 0.25) is 0 Å². The molecule has 7 nitrogen and oxygen atoms in total. The van der Waals surface area contributed by atoms with Gasteiger partial charge in [-0.05, 0) is 44.5 Å². The van der Waals surface area contributed by atoms with Crippen LogP contribution in [0.1, 0.15) is 20.3 Å². The van der Waals surface area contributed by atoms with Gasteiger partial charge in [-0.2, -0.15) is 0 Å². The highest BCUT2D eigenvalue weighted by atomic mass is 32.2. The third kappa shape index (κ3) is 5.15. The van der Waals surface area contributed by atoms with Crippen molar-refractivity contribution in [2.24, 2.45) is 0 Å². The van der Waals surface area contributed by atoms with Crippen molar-refractivity contribution in [2.45, 2.75) is 25.8 Å². The van der Waals surface area contributed by atoms with Crippen LogP contribution in [0.4, 0.5) is 9.18 Å². The largest absolute Gasteiger partial charge is 0.494 e. The maximum Gasteiger partial charge on any atom is 0.325 e. The number of sulfone groups is 1. The van der Waals surface area contributed by atoms with Gasteiger partial charge in [-0.15, -0.1) is 0 Å². The Morgan fingerprint density at radius 2 is 1.80 bits per heavy atom. The molecule has 0 saturated carbocycles. The molecule has 2 rings (SSSR count). The second kappa shape index (κ2) is 7.38. The summed E-state index contributed by atoms with van der Waals surface area (Å²) in [7, 11) is -3.43. The lowest BCUT2D eigenvalue weighted by atomic mass is 10.1. The number of rotatable bonds is 8. The minimum absolute atomic E-state index is 0.124. The summed E-state index contributed by atoms with van der Waals surface area (Å²) in [5, 5.41) is 2.50. The molecule has 3 amide bonds. The van der Waals surface area contributed by atoms with Crippen molar-refractivity contribution in [3.05, 3.63) is 30.1 Å². The predicted octanol–water partition coefficient (Wildman–Crippen LogP) is 1.34. The predicted molar refractivity (Wildman–Crippen MR) is 89.5 cm³/mol. The van der Waals surface area contributed by atoms with Crippen LogP contribution in [0.15, 0.2) is 24.3 Å². The monoisotopic (exact) mass is 372 g/mol. The average molecular weight is 372 g/mol. The lowest BCUT2D eigenvalue weighted by Gasteiger charge is -2.16. The summed E-state index contributed by atoms with van der Waals surface area (Å²) in [6.07, 6.45) is 0.255. The van der Waals surface area contributed by atoms with E-state index in [0.717, 1.165) is 4.90 Å². The molecule has 0 aromatic heterocycles. The number of hydrogen-bond acceptors (Lipinski definition) is 5. The summed E-state index contributed by atoms with van der Waals surface area (Å²) >= 11 is 0. The molecular formula is C16H21FN2O5S. The van der Waals surface area contributed by atoms with Crippen molar-refractivity contribution in [1.82, 2.24) is 10.2 Å². The molecule has 0 unspecified atom stereocenters. The fraction of sp³-hybridized carbons (Fsp3) is 0.500. The Kier molecular flexibility index (Phi) is 5.66. The lowest BCUT2D eigenvalue weighted by molar-refractivity contribution is -0.130. The Morgan fingerprint density at radius 1 is 1.16 bits per heavy atom. The summed E-state index contributed by atoms with van der Waals surface area (Å²) in [5.74, 6) is -0.772. The van der Waals surface area contributed by atoms with Crippen LogP contribution in [-0.2, 0) is 14.6 Å². The van der Waals surface area contributed by atoms with Crippen molar-refractivity contribution < 1.29 is 27.1 Å². The standard InChI is InChI=1S/C16H21FN2O5S/c1-16(2)14(20)19(15(21)18-16)8-11-25(22,23)10-3-9-24-13-6-4-12(17)5-7-13/h4-7H,3,8-11H2,1-2H3,(H,18,21). The van der Waals surface area contributed by atoms with Crippen LogP contribution in [0.25, 0.3) is 0 Å². The zero-order chi connectivity index (χ0) is 18.7. The molecule has 1 aromatic rings. The minimum Gasteiger partial charge on any atom is -0.494 e. The molecule has 0 radical (unpaired) electrons. The fourth-order valence-electron chi connectivity index (χ4n) is 2.35. The maximum absolute atomic E-state index is 12.8. The molecule has 1 aromatic carbocycles. The minimum atomic E-state index is -3.43. The second-order valence-corrected chi connectivity index (χ2v) is 8.62. The zero-order valence-corrected chi connectivity index (χ0v) is 14.9. The molecule has 1 aliphatic heterocycles. The van der Waals surface area contributed by atoms with Crippen LogP contribution in [0.3, 0.4) is 0 Å². The third-order valence-corrected chi connectivity index (χ3v) is 5.47. The smallest absolute Gasteiger partial charge is 0.325 e. The second-order valence-electron chi connectivity index (χ2n) is 6.32. The van der Waals surface area contributed by atoms with Gasteiger partial charge in [0.25, 0.3) is 5.91 Å². The number of benzene rings is 1. The highest BCUT2D eigenvalue weighted by molar-refractivity contribution is 7.91. The average Bonchev–Trinajstić information content (AvgIpc) is 2.72. The van der Waals surface area contributed by atoms with Crippen molar-refractivity contribution >= 4 is 21.8 Å². The van der Waals surface area contributed by atoms with E-state index in [1.165, 1.54) is 24.3 Å². The van der Waals surface area contributed by atoms with E-state index < -0.39 is 27.3 Å². The summed E-state index contributed by atoms with van der Waals surface area (Å²) in [4.78, 5) is 24.6. The van der Waals surface area contributed by atoms with Gasteiger partial charge in [-0.3, -0.25) is 9.69 Å². The van der Waals surface area contributed by atoms with Gasteiger partial charge < -0.3 is 10.1 Å². The first-order valence-electron chi connectivity index (χ1n) is 7.84. The van der Waals surface area contributed by atoms with Crippen LogP contribution >= 0.6 is 0 Å². The summed E-state index contributed by atoms with van der Waals surface area (Å²) < 4.78 is 42.2. The molecule has 0 aliphatic carbocycles. The van der Waals surface area contributed by atoms with E-state index in [-0.39, 0.29) is 36.9 Å². The Morgan fingerprint density at radius 3 is 2.36 bits per heavy atom. The summed E-state index contributed by atoms with van der Waals surface area (Å²) in [6.45, 7) is 3.12. The molecule has 0 spiro atoms. The van der Waals surface area contributed by atoms with Gasteiger partial charge in [-0.25, -0.2) is 17.6 Å². The van der Waals surface area contributed by atoms with Crippen molar-refractivity contribution in [3.8, 4) is 5.75 Å². The molecule has 1 aliphatic rings. The van der Waals surface area contributed by atoms with E-state index >= 15 is 0 Å². The number of hydrogen-bond donors (Lipinski definition) is 1. The van der Waals surface area contributed by atoms with Gasteiger partial charge in [-0.1, -0.05) is 0 Å². The van der Waals surface area contributed by atoms with Crippen LogP contribution in [0.2, 0.25) is 0 Å². The van der Waals surface area contributed by atoms with E-state index in [4.69, 9.17) is 4.74 Å². The van der Waals surface area contributed by atoms with Crippen LogP contribution in [0.5, 0.6) is 5.75 Å². The van der Waals surface area contributed by atoms with Crippen LogP contribution < -0.4 is 10.1 Å². The van der Waals surface area contributed by atoms with E-state index in [1.54, 1.807) is 13.8 Å². The number of imide groups is 1. The van der Waals surface area contributed by atoms with Crippen LogP contribution in [-0.4, -0.2) is 55.5 Å². The highest BCUT2D eigenvalue weighted by Gasteiger charge is 2.44. The van der Waals surface area contributed by atoms with Crippen molar-refractivity contribution in [1.29, 1.82) is 0 Å². The number of carbonyl (C=O) groups is 2. The van der Waals surface area contributed by atoms with Gasteiger partial charge >= 0.3 is 6.03 Å². The number of halogens is 1. The molecule has 1 fully saturated rings. The maximum atomic E-state index is 12.8. The number of carbonyl (C=O) groups excluding carboxylic acids is 2. The van der Waals surface area contributed by atoms with E-state index in [0.29, 0.717) is 5.75 Å². The summed E-state index contributed by atoms with van der Waals surface area (Å²) in [5.41, 5.74) is -1.01. The fourth-order valence-corrected chi connectivity index (χ4v) is 3.58. The van der Waals surface area contributed by atoms with E-state index in [2.05, 4.69) is 5.32 Å². The molecule has 0 atom stereocenters. The molecule has 1 heterocycles. The van der Waals surface area contributed by atoms with Gasteiger partial charge in [0.05, 0.1) is 18.1 Å². The number of nitrogens with one attached hydrogen (secondary N) is 1. The topological polar surface area (TPSA) is 92.8 Å². The number of urea groups is 1. The molecule has 25 heavy (non-hydrogen) atoms. The van der Waals surface area contributed by atoms with Gasteiger partial charge in [0.15, 0.2) is 9.84 Å². The molecule has 138 valence electrons. The molecule has 1 N–H and O–H groups in total. The lowest BCUT2D eigenvalue weighted by Crippen LogP contribution is -2.41. The Hall–Kier alpha value is -2.16. The Labute approximate surface area is 146 Å². The molecule has 9 heteroatoms. The molecule has 1 saturated heterocycles. The number of ether oxygens (including phenoxy) is 1. The van der Waals surface area contributed by atoms with Crippen molar-refractivity contribution in [3.63, 3.8) is 0 Å². The third-order valence-electron chi connectivity index (χ3n) is 3.75. The quantitative estimate of drug-likeness (QED) is 0.549. The first-order chi connectivity index (χ1) is 11.6. The normalized spacial score (nSPS) is 16.8. The van der Waals surface area contributed by atoms with E-state index in [9.17, 15) is 22.4 Å². The Balaban J connectivity index is 1.75. The first-order valence-corrected chi connectivity index (χ1v) is 9.66. The zero-order valence-electron chi connectivity index (χ0n) is 14.1. The van der Waals surface area contributed by atoms with Crippen LogP contribution in [0, 0.1) is 5.82 Å². The Bertz CT molecular complexity index is 746. The molecular weight excluding hydrogens is 351 g/mol. The van der Waals surface area contributed by atoms with E-state index in [1.807, 2.05) is 0 Å². The summed E-state index contributed by atoms with van der Waals surface area (Å²) in [6, 6.07) is 4.86. The van der Waals surface area contributed by atoms with Gasteiger partial charge in [0, 0.05) is 6.54 Å². The number of nitrogens with zero attached hydrogens (tertiary/aromatic N) is 1. The number of amides is 3. The van der Waals surface area contributed by atoms with Gasteiger partial charge in [0.1, 0.15) is 17.1 Å². The molecule has 0 bridgehead atoms. The van der Waals surface area contributed by atoms with Crippen molar-refractivity contribution in [2.75, 3.05) is 24.7 Å². The first kappa shape index (κ1) is 19.2.